The smallest absolute Gasteiger partial charge is 0.267 e. The maximum Gasteiger partial charge on any atom is 0.267 e. The molecule has 3 heterocycles. The second-order valence-electron chi connectivity index (χ2n) is 7.38. The molecule has 0 aliphatic carbocycles. The fourth-order valence-corrected chi connectivity index (χ4v) is 4.41. The van der Waals surface area contributed by atoms with Crippen LogP contribution in [0.15, 0.2) is 24.4 Å². The van der Waals surface area contributed by atoms with Crippen molar-refractivity contribution >= 4 is 51.3 Å². The van der Waals surface area contributed by atoms with Crippen molar-refractivity contribution in [1.29, 1.82) is 0 Å². The first-order valence-corrected chi connectivity index (χ1v) is 10.9. The van der Waals surface area contributed by atoms with E-state index in [-0.39, 0.29) is 22.7 Å². The van der Waals surface area contributed by atoms with Crippen LogP contribution in [0, 0.1) is 13.8 Å². The van der Waals surface area contributed by atoms with E-state index in [9.17, 15) is 9.90 Å². The topological polar surface area (TPSA) is 129 Å². The van der Waals surface area contributed by atoms with E-state index in [0.29, 0.717) is 32.9 Å². The predicted molar refractivity (Wildman–Crippen MR) is 123 cm³/mol. The van der Waals surface area contributed by atoms with Crippen LogP contribution < -0.4 is 21.3 Å². The molecule has 1 unspecified atom stereocenters. The Morgan fingerprint density at radius 2 is 2.13 bits per heavy atom. The Morgan fingerprint density at radius 3 is 2.84 bits per heavy atom. The van der Waals surface area contributed by atoms with Gasteiger partial charge in [-0.2, -0.15) is 0 Å². The molecule has 5 N–H and O–H groups in total. The highest BCUT2D eigenvalue weighted by atomic mass is 35.5. The molecule has 31 heavy (non-hydrogen) atoms. The lowest BCUT2D eigenvalue weighted by Crippen LogP contribution is -2.27. The number of aromatic nitrogens is 3. The summed E-state index contributed by atoms with van der Waals surface area (Å²) in [5.74, 6) is 1.75. The van der Waals surface area contributed by atoms with Gasteiger partial charge >= 0.3 is 0 Å². The minimum atomic E-state index is -0.341. The standard InChI is InChI=1S/C20H22ClN7O2S/c1-10-5-13(29)6-14(21)18(10)27-19(30)15-8-23-20(31-15)26-16-7-17(25-11(2)24-16)28-4-3-12(22)9-28/h5-8,12,29H,3-4,9,22H2,1-2H3,(H,27,30)(H,23,24,25,26). The molecule has 1 aliphatic rings. The summed E-state index contributed by atoms with van der Waals surface area (Å²) in [7, 11) is 0. The highest BCUT2D eigenvalue weighted by molar-refractivity contribution is 7.17. The van der Waals surface area contributed by atoms with E-state index in [1.165, 1.54) is 29.7 Å². The molecular weight excluding hydrogens is 438 g/mol. The Morgan fingerprint density at radius 1 is 1.32 bits per heavy atom. The Labute approximate surface area is 188 Å². The van der Waals surface area contributed by atoms with Crippen LogP contribution in [-0.2, 0) is 0 Å². The van der Waals surface area contributed by atoms with Crippen molar-refractivity contribution in [2.75, 3.05) is 28.6 Å². The van der Waals surface area contributed by atoms with E-state index >= 15 is 0 Å². The number of carbonyl (C=O) groups excluding carboxylic acids is 1. The molecule has 1 amide bonds. The van der Waals surface area contributed by atoms with Crippen molar-refractivity contribution in [2.45, 2.75) is 26.3 Å². The van der Waals surface area contributed by atoms with Crippen LogP contribution >= 0.6 is 22.9 Å². The van der Waals surface area contributed by atoms with Gasteiger partial charge in [0.15, 0.2) is 5.13 Å². The number of amides is 1. The van der Waals surface area contributed by atoms with Gasteiger partial charge in [0.05, 0.1) is 16.9 Å². The number of anilines is 4. The molecule has 0 radical (unpaired) electrons. The lowest BCUT2D eigenvalue weighted by Gasteiger charge is -2.18. The zero-order valence-corrected chi connectivity index (χ0v) is 18.6. The van der Waals surface area contributed by atoms with E-state index in [1.54, 1.807) is 6.92 Å². The molecule has 11 heteroatoms. The molecule has 0 spiro atoms. The van der Waals surface area contributed by atoms with E-state index in [1.807, 2.05) is 13.0 Å². The van der Waals surface area contributed by atoms with Gasteiger partial charge in [0.25, 0.3) is 5.91 Å². The molecule has 0 saturated carbocycles. The molecule has 1 aliphatic heterocycles. The second kappa shape index (κ2) is 8.66. The highest BCUT2D eigenvalue weighted by Crippen LogP contribution is 2.31. The summed E-state index contributed by atoms with van der Waals surface area (Å²) in [6.45, 7) is 5.20. The summed E-state index contributed by atoms with van der Waals surface area (Å²) in [5, 5.41) is 16.3. The van der Waals surface area contributed by atoms with Gasteiger partial charge in [-0.05, 0) is 31.9 Å². The first-order chi connectivity index (χ1) is 14.8. The number of phenolic OH excluding ortho intramolecular Hbond substituents is 1. The van der Waals surface area contributed by atoms with Crippen molar-refractivity contribution in [3.63, 3.8) is 0 Å². The van der Waals surface area contributed by atoms with Crippen LogP contribution in [0.1, 0.15) is 27.5 Å². The van der Waals surface area contributed by atoms with Gasteiger partial charge in [-0.25, -0.2) is 15.0 Å². The molecule has 1 fully saturated rings. The van der Waals surface area contributed by atoms with Gasteiger partial charge in [-0.1, -0.05) is 22.9 Å². The van der Waals surface area contributed by atoms with Crippen LogP contribution in [0.3, 0.4) is 0 Å². The largest absolute Gasteiger partial charge is 0.508 e. The second-order valence-corrected chi connectivity index (χ2v) is 8.82. The van der Waals surface area contributed by atoms with Crippen LogP contribution in [-0.4, -0.2) is 45.1 Å². The molecule has 1 aromatic carbocycles. The number of thiazole rings is 1. The van der Waals surface area contributed by atoms with Gasteiger partial charge in [0.2, 0.25) is 0 Å². The van der Waals surface area contributed by atoms with E-state index in [2.05, 4.69) is 30.5 Å². The van der Waals surface area contributed by atoms with E-state index < -0.39 is 0 Å². The number of rotatable bonds is 5. The monoisotopic (exact) mass is 459 g/mol. The molecule has 4 rings (SSSR count). The molecule has 0 bridgehead atoms. The van der Waals surface area contributed by atoms with Crippen molar-refractivity contribution in [3.05, 3.63) is 45.7 Å². The number of nitrogens with zero attached hydrogens (tertiary/aromatic N) is 4. The molecule has 9 nitrogen and oxygen atoms in total. The third-order valence-corrected chi connectivity index (χ3v) is 6.06. The Balaban J connectivity index is 1.48. The number of phenols is 1. The van der Waals surface area contributed by atoms with Gasteiger partial charge in [-0.3, -0.25) is 4.79 Å². The Hall–Kier alpha value is -2.95. The lowest BCUT2D eigenvalue weighted by atomic mass is 10.2. The summed E-state index contributed by atoms with van der Waals surface area (Å²) in [5.41, 5.74) is 7.12. The number of hydrogen-bond donors (Lipinski definition) is 4. The number of carbonyl (C=O) groups is 1. The number of halogens is 1. The Bertz CT molecular complexity index is 1110. The minimum Gasteiger partial charge on any atom is -0.508 e. The van der Waals surface area contributed by atoms with Gasteiger partial charge < -0.3 is 26.4 Å². The maximum absolute atomic E-state index is 12.6. The first kappa shape index (κ1) is 21.3. The van der Waals surface area contributed by atoms with Crippen LogP contribution in [0.2, 0.25) is 5.02 Å². The number of aryl methyl sites for hydroxylation is 2. The summed E-state index contributed by atoms with van der Waals surface area (Å²) < 4.78 is 0. The maximum atomic E-state index is 12.6. The molecule has 2 aromatic heterocycles. The third kappa shape index (κ3) is 4.87. The predicted octanol–water partition coefficient (Wildman–Crippen LogP) is 3.44. The van der Waals surface area contributed by atoms with Crippen molar-refractivity contribution in [2.24, 2.45) is 5.73 Å². The summed E-state index contributed by atoms with van der Waals surface area (Å²) in [6.07, 6.45) is 2.42. The number of nitrogens with two attached hydrogens (primary N) is 1. The number of benzene rings is 1. The SMILES string of the molecule is Cc1nc(Nc2ncc(C(=O)Nc3c(C)cc(O)cc3Cl)s2)cc(N2CCC(N)C2)n1. The zero-order chi connectivity index (χ0) is 22.1. The third-order valence-electron chi connectivity index (χ3n) is 4.85. The van der Waals surface area contributed by atoms with Crippen LogP contribution in [0.25, 0.3) is 0 Å². The summed E-state index contributed by atoms with van der Waals surface area (Å²) in [6, 6.07) is 4.92. The molecule has 162 valence electrons. The van der Waals surface area contributed by atoms with E-state index in [4.69, 9.17) is 17.3 Å². The summed E-state index contributed by atoms with van der Waals surface area (Å²) >= 11 is 7.34. The Kier molecular flexibility index (Phi) is 5.94. The fourth-order valence-electron chi connectivity index (χ4n) is 3.38. The molecule has 3 aromatic rings. The molecule has 1 atom stereocenters. The van der Waals surface area contributed by atoms with Crippen LogP contribution in [0.5, 0.6) is 5.75 Å². The quantitative estimate of drug-likeness (QED) is 0.427. The normalized spacial score (nSPS) is 15.9. The summed E-state index contributed by atoms with van der Waals surface area (Å²) in [4.78, 5) is 28.4. The van der Waals surface area contributed by atoms with Crippen molar-refractivity contribution < 1.29 is 9.90 Å². The van der Waals surface area contributed by atoms with Gasteiger partial charge in [0, 0.05) is 31.3 Å². The average molecular weight is 460 g/mol. The minimum absolute atomic E-state index is 0.0419. The van der Waals surface area contributed by atoms with Gasteiger partial charge in [0.1, 0.15) is 28.1 Å². The first-order valence-electron chi connectivity index (χ1n) is 9.68. The van der Waals surface area contributed by atoms with Gasteiger partial charge in [-0.15, -0.1) is 0 Å². The lowest BCUT2D eigenvalue weighted by molar-refractivity contribution is 0.103. The average Bonchev–Trinajstić information content (AvgIpc) is 3.33. The van der Waals surface area contributed by atoms with Crippen molar-refractivity contribution in [1.82, 2.24) is 15.0 Å². The number of hydrogen-bond acceptors (Lipinski definition) is 9. The molecular formula is C20H22ClN7O2S. The van der Waals surface area contributed by atoms with E-state index in [0.717, 1.165) is 25.3 Å². The van der Waals surface area contributed by atoms with Crippen LogP contribution in [0.4, 0.5) is 22.5 Å². The van der Waals surface area contributed by atoms with Crippen molar-refractivity contribution in [3.8, 4) is 5.75 Å². The number of nitrogens with one attached hydrogen (secondary N) is 2. The number of aromatic hydroxyl groups is 1. The zero-order valence-electron chi connectivity index (χ0n) is 17.0. The molecule has 1 saturated heterocycles. The fraction of sp³-hybridized carbons (Fsp3) is 0.300. The highest BCUT2D eigenvalue weighted by Gasteiger charge is 2.21.